The van der Waals surface area contributed by atoms with Gasteiger partial charge < -0.3 is 15.1 Å². The van der Waals surface area contributed by atoms with E-state index in [1.54, 1.807) is 6.26 Å². The van der Waals surface area contributed by atoms with Crippen LogP contribution in [0.4, 0.5) is 0 Å². The number of nitrogens with zero attached hydrogens (tertiary/aromatic N) is 1. The smallest absolute Gasteiger partial charge is 0.195 e. The Morgan fingerprint density at radius 1 is 1.59 bits per heavy atom. The van der Waals surface area contributed by atoms with E-state index < -0.39 is 0 Å². The lowest BCUT2D eigenvalue weighted by molar-refractivity contribution is 0.367. The summed E-state index contributed by atoms with van der Waals surface area (Å²) < 4.78 is 5.53. The van der Waals surface area contributed by atoms with Gasteiger partial charge in [-0.1, -0.05) is 6.42 Å². The number of nitrogens with one attached hydrogen (secondary N) is 2. The molecule has 0 amide bonds. The Kier molecular flexibility index (Phi) is 4.57. The van der Waals surface area contributed by atoms with Gasteiger partial charge in [-0.2, -0.15) is 0 Å². The van der Waals surface area contributed by atoms with E-state index in [4.69, 9.17) is 4.42 Å². The van der Waals surface area contributed by atoms with Crippen molar-refractivity contribution in [1.82, 2.24) is 15.6 Å². The molecule has 1 aliphatic heterocycles. The van der Waals surface area contributed by atoms with E-state index in [-0.39, 0.29) is 0 Å². The van der Waals surface area contributed by atoms with Crippen LogP contribution in [0, 0.1) is 0 Å². The zero-order valence-corrected chi connectivity index (χ0v) is 10.8. The van der Waals surface area contributed by atoms with Crippen LogP contribution in [0.3, 0.4) is 0 Å². The second kappa shape index (κ2) is 6.17. The van der Waals surface area contributed by atoms with Crippen molar-refractivity contribution >= 4 is 0 Å². The quantitative estimate of drug-likeness (QED) is 0.815. The lowest BCUT2D eigenvalue weighted by Gasteiger charge is -2.21. The molecule has 1 aromatic rings. The second-order valence-corrected chi connectivity index (χ2v) is 4.98. The Hall–Kier alpha value is -0.870. The highest BCUT2D eigenvalue weighted by molar-refractivity contribution is 5.00. The fourth-order valence-corrected chi connectivity index (χ4v) is 2.26. The van der Waals surface area contributed by atoms with Crippen molar-refractivity contribution in [3.8, 4) is 0 Å². The molecule has 1 fully saturated rings. The Morgan fingerprint density at radius 3 is 3.18 bits per heavy atom. The number of rotatable bonds is 5. The first-order chi connectivity index (χ1) is 8.28. The number of oxazole rings is 1. The largest absolute Gasteiger partial charge is 0.449 e. The van der Waals surface area contributed by atoms with E-state index >= 15 is 0 Å². The van der Waals surface area contributed by atoms with Gasteiger partial charge in [0.25, 0.3) is 0 Å². The highest BCUT2D eigenvalue weighted by Gasteiger charge is 2.16. The van der Waals surface area contributed by atoms with Gasteiger partial charge in [-0.15, -0.1) is 0 Å². The van der Waals surface area contributed by atoms with Crippen LogP contribution in [0.5, 0.6) is 0 Å². The Balaban J connectivity index is 1.84. The van der Waals surface area contributed by atoms with E-state index in [9.17, 15) is 0 Å². The summed E-state index contributed by atoms with van der Waals surface area (Å²) in [6.07, 6.45) is 7.51. The molecule has 2 rings (SSSR count). The van der Waals surface area contributed by atoms with Crippen molar-refractivity contribution in [2.24, 2.45) is 0 Å². The minimum absolute atomic E-state index is 0.445. The van der Waals surface area contributed by atoms with Crippen LogP contribution in [0.1, 0.15) is 37.8 Å². The monoisotopic (exact) mass is 237 g/mol. The van der Waals surface area contributed by atoms with Crippen molar-refractivity contribution < 1.29 is 4.42 Å². The molecule has 17 heavy (non-hydrogen) atoms. The van der Waals surface area contributed by atoms with Crippen LogP contribution in [-0.4, -0.2) is 30.7 Å². The van der Waals surface area contributed by atoms with Crippen LogP contribution in [0.15, 0.2) is 10.7 Å². The molecule has 1 aromatic heterocycles. The first-order valence-corrected chi connectivity index (χ1v) is 6.62. The third-order valence-corrected chi connectivity index (χ3v) is 3.44. The van der Waals surface area contributed by atoms with Gasteiger partial charge in [0.05, 0.1) is 5.69 Å². The summed E-state index contributed by atoms with van der Waals surface area (Å²) in [6.45, 7) is 3.28. The average Bonchev–Trinajstić information content (AvgIpc) is 2.77. The van der Waals surface area contributed by atoms with Crippen molar-refractivity contribution in [1.29, 1.82) is 0 Å². The molecule has 96 valence electrons. The van der Waals surface area contributed by atoms with Crippen molar-refractivity contribution in [3.63, 3.8) is 0 Å². The lowest BCUT2D eigenvalue weighted by atomic mass is 10.0. The topological polar surface area (TPSA) is 50.1 Å². The van der Waals surface area contributed by atoms with E-state index in [0.29, 0.717) is 12.1 Å². The first kappa shape index (κ1) is 12.6. The minimum atomic E-state index is 0.445. The summed E-state index contributed by atoms with van der Waals surface area (Å²) in [4.78, 5) is 4.55. The van der Waals surface area contributed by atoms with Crippen molar-refractivity contribution in [3.05, 3.63) is 17.8 Å². The predicted molar refractivity (Wildman–Crippen MR) is 68.1 cm³/mol. The highest BCUT2D eigenvalue weighted by Crippen LogP contribution is 2.13. The Labute approximate surface area is 103 Å². The van der Waals surface area contributed by atoms with Gasteiger partial charge in [0, 0.05) is 24.9 Å². The standard InChI is InChI=1S/C13H23N3O/c1-10(14-2)7-12-9-17-13(16-12)8-11-5-3-4-6-15-11/h9-11,14-15H,3-8H2,1-2H3. The zero-order chi connectivity index (χ0) is 12.1. The average molecular weight is 237 g/mol. The van der Waals surface area contributed by atoms with Crippen LogP contribution >= 0.6 is 0 Å². The molecule has 1 aliphatic rings. The third kappa shape index (κ3) is 3.82. The number of hydrogen-bond acceptors (Lipinski definition) is 4. The van der Waals surface area contributed by atoms with Crippen LogP contribution in [-0.2, 0) is 12.8 Å². The minimum Gasteiger partial charge on any atom is -0.449 e. The lowest BCUT2D eigenvalue weighted by Crippen LogP contribution is -2.35. The summed E-state index contributed by atoms with van der Waals surface area (Å²) in [5.74, 6) is 0.878. The predicted octanol–water partition coefficient (Wildman–Crippen LogP) is 1.51. The highest BCUT2D eigenvalue weighted by atomic mass is 16.3. The number of aromatic nitrogens is 1. The van der Waals surface area contributed by atoms with Crippen LogP contribution < -0.4 is 10.6 Å². The van der Waals surface area contributed by atoms with E-state index in [1.807, 2.05) is 7.05 Å². The molecule has 1 saturated heterocycles. The van der Waals surface area contributed by atoms with Gasteiger partial charge in [-0.05, 0) is 33.4 Å². The van der Waals surface area contributed by atoms with Crippen molar-refractivity contribution in [2.45, 2.75) is 51.1 Å². The molecule has 4 heteroatoms. The normalized spacial score (nSPS) is 22.6. The molecular weight excluding hydrogens is 214 g/mol. The summed E-state index contributed by atoms with van der Waals surface area (Å²) >= 11 is 0. The fraction of sp³-hybridized carbons (Fsp3) is 0.769. The summed E-state index contributed by atoms with van der Waals surface area (Å²) in [5, 5.41) is 6.73. The van der Waals surface area contributed by atoms with E-state index in [2.05, 4.69) is 22.5 Å². The molecule has 2 unspecified atom stereocenters. The van der Waals surface area contributed by atoms with Gasteiger partial charge in [0.2, 0.25) is 0 Å². The molecule has 0 aliphatic carbocycles. The number of hydrogen-bond donors (Lipinski definition) is 2. The van der Waals surface area contributed by atoms with Gasteiger partial charge in [-0.25, -0.2) is 4.98 Å². The SMILES string of the molecule is CNC(C)Cc1coc(CC2CCCCN2)n1. The molecule has 0 saturated carbocycles. The molecule has 0 radical (unpaired) electrons. The molecule has 0 aromatic carbocycles. The Morgan fingerprint density at radius 2 is 2.47 bits per heavy atom. The van der Waals surface area contributed by atoms with E-state index in [1.165, 1.54) is 19.3 Å². The summed E-state index contributed by atoms with van der Waals surface area (Å²) in [6, 6.07) is 0.998. The molecule has 4 nitrogen and oxygen atoms in total. The van der Waals surface area contributed by atoms with Crippen LogP contribution in [0.25, 0.3) is 0 Å². The van der Waals surface area contributed by atoms with Gasteiger partial charge in [0.1, 0.15) is 6.26 Å². The van der Waals surface area contributed by atoms with Crippen LogP contribution in [0.2, 0.25) is 0 Å². The summed E-state index contributed by atoms with van der Waals surface area (Å²) in [5.41, 5.74) is 1.05. The fourth-order valence-electron chi connectivity index (χ4n) is 2.26. The second-order valence-electron chi connectivity index (χ2n) is 4.98. The zero-order valence-electron chi connectivity index (χ0n) is 10.8. The molecule has 2 N–H and O–H groups in total. The molecule has 2 atom stereocenters. The Bertz CT molecular complexity index is 331. The molecule has 0 spiro atoms. The van der Waals surface area contributed by atoms with Gasteiger partial charge in [-0.3, -0.25) is 0 Å². The maximum Gasteiger partial charge on any atom is 0.195 e. The van der Waals surface area contributed by atoms with Gasteiger partial charge >= 0.3 is 0 Å². The number of likely N-dealkylation sites (N-methyl/N-ethyl adjacent to an activating group) is 1. The van der Waals surface area contributed by atoms with E-state index in [0.717, 1.165) is 31.0 Å². The van der Waals surface area contributed by atoms with Gasteiger partial charge in [0.15, 0.2) is 5.89 Å². The van der Waals surface area contributed by atoms with Crippen molar-refractivity contribution in [2.75, 3.05) is 13.6 Å². The first-order valence-electron chi connectivity index (χ1n) is 6.62. The summed E-state index contributed by atoms with van der Waals surface area (Å²) in [7, 11) is 1.97. The maximum atomic E-state index is 5.53. The maximum absolute atomic E-state index is 5.53. The number of piperidine rings is 1. The molecular formula is C13H23N3O. The molecule has 0 bridgehead atoms. The molecule has 2 heterocycles. The third-order valence-electron chi connectivity index (χ3n) is 3.44.